The number of hydrogen-bond donors (Lipinski definition) is 2. The minimum absolute atomic E-state index is 0. The van der Waals surface area contributed by atoms with Crippen LogP contribution >= 0.6 is 12.4 Å². The zero-order valence-corrected chi connectivity index (χ0v) is 11.6. The first-order chi connectivity index (χ1) is 8.27. The van der Waals surface area contributed by atoms with E-state index in [1.165, 1.54) is 0 Å². The third kappa shape index (κ3) is 4.64. The Bertz CT molecular complexity index is 517. The van der Waals surface area contributed by atoms with E-state index in [1.807, 2.05) is 4.72 Å². The summed E-state index contributed by atoms with van der Waals surface area (Å²) in [6.45, 7) is 1.83. The molecule has 0 bridgehead atoms. The molecule has 0 fully saturated rings. The summed E-state index contributed by atoms with van der Waals surface area (Å²) < 4.78 is 64.6. The molecule has 0 aliphatic heterocycles. The summed E-state index contributed by atoms with van der Waals surface area (Å²) in [6.07, 6.45) is 0. The van der Waals surface area contributed by atoms with Gasteiger partial charge in [-0.2, -0.15) is 0 Å². The van der Waals surface area contributed by atoms with Gasteiger partial charge in [-0.15, -0.1) is 12.4 Å². The van der Waals surface area contributed by atoms with Crippen LogP contribution in [0.25, 0.3) is 0 Å². The van der Waals surface area contributed by atoms with Crippen molar-refractivity contribution in [2.75, 3.05) is 13.1 Å². The van der Waals surface area contributed by atoms with Crippen molar-refractivity contribution in [3.8, 4) is 0 Å². The monoisotopic (exact) mass is 318 g/mol. The molecule has 19 heavy (non-hydrogen) atoms. The number of rotatable bonds is 5. The minimum Gasteiger partial charge on any atom is -0.330 e. The molecule has 0 heterocycles. The summed E-state index contributed by atoms with van der Waals surface area (Å²) in [6, 6.07) is 0.619. The highest BCUT2D eigenvalue weighted by molar-refractivity contribution is 7.89. The number of nitrogens with one attached hydrogen (secondary N) is 1. The molecule has 9 heteroatoms. The van der Waals surface area contributed by atoms with Crippen LogP contribution < -0.4 is 10.5 Å². The molecule has 1 rings (SSSR count). The van der Waals surface area contributed by atoms with Crippen molar-refractivity contribution in [3.63, 3.8) is 0 Å². The Morgan fingerprint density at radius 2 is 1.74 bits per heavy atom. The van der Waals surface area contributed by atoms with E-state index in [9.17, 15) is 21.6 Å². The fourth-order valence-corrected chi connectivity index (χ4v) is 2.47. The lowest BCUT2D eigenvalue weighted by molar-refractivity contribution is 0.489. The molecule has 4 nitrogen and oxygen atoms in total. The lowest BCUT2D eigenvalue weighted by Crippen LogP contribution is -2.32. The average molecular weight is 319 g/mol. The highest BCUT2D eigenvalue weighted by atomic mass is 35.5. The van der Waals surface area contributed by atoms with Crippen LogP contribution in [-0.4, -0.2) is 21.5 Å². The van der Waals surface area contributed by atoms with E-state index in [0.29, 0.717) is 12.1 Å². The van der Waals surface area contributed by atoms with Crippen LogP contribution in [0.15, 0.2) is 17.0 Å². The van der Waals surface area contributed by atoms with E-state index in [0.717, 1.165) is 0 Å². The van der Waals surface area contributed by atoms with E-state index in [4.69, 9.17) is 5.73 Å². The molecule has 110 valence electrons. The number of sulfonamides is 1. The second kappa shape index (κ2) is 7.09. The van der Waals surface area contributed by atoms with Gasteiger partial charge in [0.15, 0.2) is 4.90 Å². The van der Waals surface area contributed by atoms with E-state index in [1.54, 1.807) is 6.92 Å². The maximum atomic E-state index is 13.3. The van der Waals surface area contributed by atoms with Crippen molar-refractivity contribution in [3.05, 3.63) is 29.6 Å². The Labute approximate surface area is 115 Å². The van der Waals surface area contributed by atoms with E-state index < -0.39 is 32.4 Å². The first kappa shape index (κ1) is 18.2. The molecule has 0 saturated carbocycles. The first-order valence-electron chi connectivity index (χ1n) is 5.12. The van der Waals surface area contributed by atoms with Crippen LogP contribution in [0, 0.1) is 23.4 Å². The molecule has 0 aromatic heterocycles. The van der Waals surface area contributed by atoms with Gasteiger partial charge < -0.3 is 5.73 Å². The standard InChI is InChI=1S/C10H13F3N2O2S.ClH/c1-6(4-14)5-15-18(16,17)10-8(12)2-7(11)3-9(10)13;/h2-3,6,15H,4-5,14H2,1H3;1H. The second-order valence-electron chi connectivity index (χ2n) is 3.89. The molecule has 0 saturated heterocycles. The van der Waals surface area contributed by atoms with E-state index >= 15 is 0 Å². The molecule has 0 spiro atoms. The number of nitrogens with two attached hydrogens (primary N) is 1. The van der Waals surface area contributed by atoms with Crippen molar-refractivity contribution >= 4 is 22.4 Å². The maximum Gasteiger partial charge on any atom is 0.246 e. The Balaban J connectivity index is 0.00000324. The number of halogens is 4. The summed E-state index contributed by atoms with van der Waals surface area (Å²) in [5, 5.41) is 0. The summed E-state index contributed by atoms with van der Waals surface area (Å²) in [5.41, 5.74) is 5.29. The van der Waals surface area contributed by atoms with Crippen LogP contribution in [0.3, 0.4) is 0 Å². The molecular weight excluding hydrogens is 305 g/mol. The topological polar surface area (TPSA) is 72.2 Å². The predicted octanol–water partition coefficient (Wildman–Crippen LogP) is 1.40. The van der Waals surface area contributed by atoms with Gasteiger partial charge in [-0.25, -0.2) is 26.3 Å². The van der Waals surface area contributed by atoms with E-state index in [-0.39, 0.29) is 31.4 Å². The van der Waals surface area contributed by atoms with Crippen LogP contribution in [0.4, 0.5) is 13.2 Å². The lowest BCUT2D eigenvalue weighted by Gasteiger charge is -2.11. The highest BCUT2D eigenvalue weighted by Crippen LogP contribution is 2.19. The highest BCUT2D eigenvalue weighted by Gasteiger charge is 2.25. The molecule has 1 unspecified atom stereocenters. The third-order valence-corrected chi connectivity index (χ3v) is 3.73. The minimum atomic E-state index is -4.37. The predicted molar refractivity (Wildman–Crippen MR) is 67.0 cm³/mol. The quantitative estimate of drug-likeness (QED) is 0.862. The molecule has 1 aromatic rings. The molecule has 1 aromatic carbocycles. The van der Waals surface area contributed by atoms with Gasteiger partial charge >= 0.3 is 0 Å². The summed E-state index contributed by atoms with van der Waals surface area (Å²) in [4.78, 5) is -1.19. The largest absolute Gasteiger partial charge is 0.330 e. The fraction of sp³-hybridized carbons (Fsp3) is 0.400. The van der Waals surface area contributed by atoms with Crippen molar-refractivity contribution in [2.24, 2.45) is 11.7 Å². The third-order valence-electron chi connectivity index (χ3n) is 2.26. The summed E-state index contributed by atoms with van der Waals surface area (Å²) in [7, 11) is -4.37. The molecule has 0 aliphatic rings. The van der Waals surface area contributed by atoms with Crippen LogP contribution in [0.2, 0.25) is 0 Å². The normalized spacial score (nSPS) is 12.9. The summed E-state index contributed by atoms with van der Waals surface area (Å²) in [5.74, 6) is -4.31. The number of hydrogen-bond acceptors (Lipinski definition) is 3. The molecular formula is C10H14ClF3N2O2S. The molecule has 0 radical (unpaired) electrons. The van der Waals surface area contributed by atoms with Crippen molar-refractivity contribution in [2.45, 2.75) is 11.8 Å². The van der Waals surface area contributed by atoms with Gasteiger partial charge in [0, 0.05) is 18.7 Å². The van der Waals surface area contributed by atoms with E-state index in [2.05, 4.69) is 0 Å². The molecule has 3 N–H and O–H groups in total. The molecule has 1 atom stereocenters. The second-order valence-corrected chi connectivity index (χ2v) is 5.60. The maximum absolute atomic E-state index is 13.3. The van der Waals surface area contributed by atoms with Gasteiger partial charge in [-0.3, -0.25) is 0 Å². The van der Waals surface area contributed by atoms with Gasteiger partial charge in [-0.05, 0) is 12.5 Å². The fourth-order valence-electron chi connectivity index (χ4n) is 1.19. The first-order valence-corrected chi connectivity index (χ1v) is 6.60. The van der Waals surface area contributed by atoms with Gasteiger partial charge in [-0.1, -0.05) is 6.92 Å². The SMILES string of the molecule is CC(CN)CNS(=O)(=O)c1c(F)cc(F)cc1F.Cl. The smallest absolute Gasteiger partial charge is 0.246 e. The van der Waals surface area contributed by atoms with Crippen molar-refractivity contribution in [1.82, 2.24) is 4.72 Å². The zero-order valence-electron chi connectivity index (χ0n) is 9.99. The number of benzene rings is 1. The van der Waals surface area contributed by atoms with Crippen LogP contribution in [-0.2, 0) is 10.0 Å². The Morgan fingerprint density at radius 1 is 1.26 bits per heavy atom. The molecule has 0 aliphatic carbocycles. The Hall–Kier alpha value is -0.830. The van der Waals surface area contributed by atoms with Crippen LogP contribution in [0.1, 0.15) is 6.92 Å². The van der Waals surface area contributed by atoms with Crippen molar-refractivity contribution in [1.29, 1.82) is 0 Å². The van der Waals surface area contributed by atoms with Crippen LogP contribution in [0.5, 0.6) is 0 Å². The van der Waals surface area contributed by atoms with Gasteiger partial charge in [0.05, 0.1) is 0 Å². The average Bonchev–Trinajstić information content (AvgIpc) is 2.24. The van der Waals surface area contributed by atoms with Gasteiger partial charge in [0.25, 0.3) is 0 Å². The Kier molecular flexibility index (Phi) is 6.78. The van der Waals surface area contributed by atoms with Gasteiger partial charge in [0.1, 0.15) is 17.5 Å². The zero-order chi connectivity index (χ0) is 13.9. The lowest BCUT2D eigenvalue weighted by atomic mass is 10.2. The van der Waals surface area contributed by atoms with Crippen molar-refractivity contribution < 1.29 is 21.6 Å². The molecule has 0 amide bonds. The Morgan fingerprint density at radius 3 is 2.16 bits per heavy atom. The van der Waals surface area contributed by atoms with Gasteiger partial charge in [0.2, 0.25) is 10.0 Å². The summed E-state index contributed by atoms with van der Waals surface area (Å²) >= 11 is 0.